The summed E-state index contributed by atoms with van der Waals surface area (Å²) in [4.78, 5) is 8.58. The lowest BCUT2D eigenvalue weighted by Gasteiger charge is -2.13. The summed E-state index contributed by atoms with van der Waals surface area (Å²) >= 11 is 0. The summed E-state index contributed by atoms with van der Waals surface area (Å²) in [7, 11) is 1.59. The molecule has 1 atom stereocenters. The van der Waals surface area contributed by atoms with Gasteiger partial charge in [0.25, 0.3) is 0 Å². The molecule has 28 heavy (non-hydrogen) atoms. The Hall–Kier alpha value is -3.45. The van der Waals surface area contributed by atoms with E-state index in [2.05, 4.69) is 20.2 Å². The Morgan fingerprint density at radius 3 is 2.79 bits per heavy atom. The Bertz CT molecular complexity index is 1050. The molecule has 0 aliphatic carbocycles. The van der Waals surface area contributed by atoms with Gasteiger partial charge in [-0.3, -0.25) is 10.1 Å². The van der Waals surface area contributed by atoms with Crippen molar-refractivity contribution in [2.24, 2.45) is 5.73 Å². The first kappa shape index (κ1) is 17.9. The number of nitrogens with zero attached hydrogens (tertiary/aromatic N) is 3. The van der Waals surface area contributed by atoms with E-state index in [1.54, 1.807) is 19.5 Å². The number of methoxy groups -OCH3 is 1. The van der Waals surface area contributed by atoms with Crippen LogP contribution >= 0.6 is 0 Å². The molecule has 0 bridgehead atoms. The summed E-state index contributed by atoms with van der Waals surface area (Å²) < 4.78 is 11.0. The smallest absolute Gasteiger partial charge is 0.212 e. The third kappa shape index (κ3) is 3.94. The van der Waals surface area contributed by atoms with Crippen molar-refractivity contribution < 1.29 is 9.47 Å². The molecule has 0 radical (unpaired) electrons. The zero-order chi connectivity index (χ0) is 19.3. The van der Waals surface area contributed by atoms with Crippen molar-refractivity contribution in [3.63, 3.8) is 0 Å². The number of H-pyrrole nitrogens is 1. The van der Waals surface area contributed by atoms with Crippen LogP contribution in [0.4, 0.5) is 0 Å². The Labute approximate surface area is 162 Å². The van der Waals surface area contributed by atoms with Crippen molar-refractivity contribution in [3.05, 3.63) is 66.5 Å². The summed E-state index contributed by atoms with van der Waals surface area (Å²) in [6.07, 6.45) is 4.20. The molecule has 0 spiro atoms. The van der Waals surface area contributed by atoms with Crippen molar-refractivity contribution in [2.75, 3.05) is 13.7 Å². The van der Waals surface area contributed by atoms with Gasteiger partial charge in [-0.2, -0.15) is 5.10 Å². The molecule has 0 saturated heterocycles. The average molecular weight is 375 g/mol. The second-order valence-corrected chi connectivity index (χ2v) is 6.48. The van der Waals surface area contributed by atoms with E-state index < -0.39 is 0 Å². The highest BCUT2D eigenvalue weighted by Gasteiger charge is 2.11. The monoisotopic (exact) mass is 375 g/mol. The van der Waals surface area contributed by atoms with Gasteiger partial charge in [0.05, 0.1) is 18.3 Å². The molecule has 7 nitrogen and oxygen atoms in total. The fraction of sp³-hybridized carbons (Fsp3) is 0.190. The van der Waals surface area contributed by atoms with Gasteiger partial charge in [0, 0.05) is 29.9 Å². The first-order valence-electron chi connectivity index (χ1n) is 9.00. The number of rotatable bonds is 7. The highest BCUT2D eigenvalue weighted by atomic mass is 16.5. The van der Waals surface area contributed by atoms with Gasteiger partial charge < -0.3 is 15.2 Å². The van der Waals surface area contributed by atoms with Gasteiger partial charge in [0.2, 0.25) is 5.88 Å². The second-order valence-electron chi connectivity index (χ2n) is 6.48. The number of hydrogen-bond donors (Lipinski definition) is 2. The summed E-state index contributed by atoms with van der Waals surface area (Å²) in [5.41, 5.74) is 9.81. The molecule has 7 heteroatoms. The number of fused-ring (bicyclic) bond motifs is 1. The van der Waals surface area contributed by atoms with Crippen LogP contribution in [0.3, 0.4) is 0 Å². The average Bonchev–Trinajstić information content (AvgIpc) is 3.17. The molecule has 3 N–H and O–H groups in total. The van der Waals surface area contributed by atoms with Gasteiger partial charge in [-0.05, 0) is 42.3 Å². The predicted octanol–water partition coefficient (Wildman–Crippen LogP) is 2.98. The number of hydrogen-bond acceptors (Lipinski definition) is 6. The molecule has 3 aromatic heterocycles. The SMILES string of the molecule is COc1ccc(CC(N)COc2ccc3[nH]nc(-c4ccccn4)c3c2)cn1. The third-order valence-electron chi connectivity index (χ3n) is 4.41. The van der Waals surface area contributed by atoms with Crippen LogP contribution in [0.1, 0.15) is 5.56 Å². The first-order chi connectivity index (χ1) is 13.7. The standard InChI is InChI=1S/C21H21N5O2/c1-27-20-8-5-14(12-24-20)10-15(22)13-28-16-6-7-18-17(11-16)21(26-25-18)19-4-2-3-9-23-19/h2-9,11-12,15H,10,13,22H2,1H3,(H,25,26). The van der Waals surface area contributed by atoms with Crippen molar-refractivity contribution in [1.29, 1.82) is 0 Å². The van der Waals surface area contributed by atoms with Crippen LogP contribution in [-0.2, 0) is 6.42 Å². The fourth-order valence-electron chi connectivity index (χ4n) is 3.00. The molecule has 0 saturated carbocycles. The van der Waals surface area contributed by atoms with E-state index in [0.717, 1.165) is 33.6 Å². The lowest BCUT2D eigenvalue weighted by molar-refractivity contribution is 0.288. The number of aromatic nitrogens is 4. The van der Waals surface area contributed by atoms with E-state index in [1.807, 2.05) is 48.5 Å². The Morgan fingerprint density at radius 2 is 2.04 bits per heavy atom. The zero-order valence-electron chi connectivity index (χ0n) is 15.5. The van der Waals surface area contributed by atoms with E-state index in [1.165, 1.54) is 0 Å². The van der Waals surface area contributed by atoms with E-state index in [0.29, 0.717) is 18.9 Å². The van der Waals surface area contributed by atoms with Gasteiger partial charge in [0.15, 0.2) is 0 Å². The third-order valence-corrected chi connectivity index (χ3v) is 4.41. The van der Waals surface area contributed by atoms with Crippen molar-refractivity contribution in [2.45, 2.75) is 12.5 Å². The molecule has 142 valence electrons. The fourth-order valence-corrected chi connectivity index (χ4v) is 3.00. The van der Waals surface area contributed by atoms with Crippen LogP contribution in [0, 0.1) is 0 Å². The lowest BCUT2D eigenvalue weighted by atomic mass is 10.1. The van der Waals surface area contributed by atoms with Crippen LogP contribution < -0.4 is 15.2 Å². The lowest BCUT2D eigenvalue weighted by Crippen LogP contribution is -2.30. The van der Waals surface area contributed by atoms with Crippen molar-refractivity contribution in [3.8, 4) is 23.0 Å². The predicted molar refractivity (Wildman–Crippen MR) is 107 cm³/mol. The molecule has 0 aliphatic rings. The topological polar surface area (TPSA) is 98.9 Å². The summed E-state index contributed by atoms with van der Waals surface area (Å²) in [5, 5.41) is 8.38. The maximum Gasteiger partial charge on any atom is 0.212 e. The molecular formula is C21H21N5O2. The Kier molecular flexibility index (Phi) is 5.16. The molecule has 0 aliphatic heterocycles. The van der Waals surface area contributed by atoms with Crippen LogP contribution in [0.15, 0.2) is 60.9 Å². The molecule has 1 aromatic carbocycles. The van der Waals surface area contributed by atoms with Gasteiger partial charge in [-0.15, -0.1) is 0 Å². The van der Waals surface area contributed by atoms with Crippen LogP contribution in [0.2, 0.25) is 0 Å². The normalized spacial score (nSPS) is 12.1. The number of nitrogens with one attached hydrogen (secondary N) is 1. The van der Waals surface area contributed by atoms with E-state index in [9.17, 15) is 0 Å². The zero-order valence-corrected chi connectivity index (χ0v) is 15.5. The number of pyridine rings is 2. The molecule has 4 aromatic rings. The Balaban J connectivity index is 1.44. The summed E-state index contributed by atoms with van der Waals surface area (Å²) in [6.45, 7) is 0.397. The summed E-state index contributed by atoms with van der Waals surface area (Å²) in [5.74, 6) is 1.33. The maximum atomic E-state index is 6.23. The van der Waals surface area contributed by atoms with Gasteiger partial charge in [0.1, 0.15) is 18.1 Å². The minimum absolute atomic E-state index is 0.148. The molecule has 0 amide bonds. The van der Waals surface area contributed by atoms with E-state index >= 15 is 0 Å². The highest BCUT2D eigenvalue weighted by Crippen LogP contribution is 2.28. The number of nitrogens with two attached hydrogens (primary N) is 1. The highest BCUT2D eigenvalue weighted by molar-refractivity contribution is 5.92. The minimum Gasteiger partial charge on any atom is -0.492 e. The summed E-state index contributed by atoms with van der Waals surface area (Å²) in [6, 6.07) is 15.2. The maximum absolute atomic E-state index is 6.23. The number of benzene rings is 1. The molecule has 0 fully saturated rings. The van der Waals surface area contributed by atoms with Gasteiger partial charge in [-0.25, -0.2) is 4.98 Å². The van der Waals surface area contributed by atoms with Crippen LogP contribution in [0.5, 0.6) is 11.6 Å². The second kappa shape index (κ2) is 8.06. The van der Waals surface area contributed by atoms with Crippen LogP contribution in [-0.4, -0.2) is 39.9 Å². The van der Waals surface area contributed by atoms with Gasteiger partial charge >= 0.3 is 0 Å². The largest absolute Gasteiger partial charge is 0.492 e. The number of ether oxygens (including phenoxy) is 2. The molecule has 3 heterocycles. The van der Waals surface area contributed by atoms with Crippen LogP contribution in [0.25, 0.3) is 22.3 Å². The van der Waals surface area contributed by atoms with Crippen molar-refractivity contribution >= 4 is 10.9 Å². The minimum atomic E-state index is -0.148. The molecule has 1 unspecified atom stereocenters. The van der Waals surface area contributed by atoms with E-state index in [4.69, 9.17) is 15.2 Å². The van der Waals surface area contributed by atoms with Crippen molar-refractivity contribution in [1.82, 2.24) is 20.2 Å². The van der Waals surface area contributed by atoms with E-state index in [-0.39, 0.29) is 6.04 Å². The quantitative estimate of drug-likeness (QED) is 0.515. The molecular weight excluding hydrogens is 354 g/mol. The Morgan fingerprint density at radius 1 is 1.11 bits per heavy atom. The molecule has 4 rings (SSSR count). The first-order valence-corrected chi connectivity index (χ1v) is 9.00. The number of aromatic amines is 1. The van der Waals surface area contributed by atoms with Gasteiger partial charge in [-0.1, -0.05) is 12.1 Å².